The Hall–Kier alpha value is -3.90. The SMILES string of the molecule is CCc1nc2c(C)cc(-c3nc4n(c3Cl)CCCC4)cc2n1Cc1ccc(-c2ccccc2C(=O)O)cc1. The molecule has 192 valence electrons. The molecule has 6 rings (SSSR count). The van der Waals surface area contributed by atoms with E-state index < -0.39 is 5.97 Å². The van der Waals surface area contributed by atoms with E-state index in [2.05, 4.69) is 47.2 Å². The number of halogens is 1. The van der Waals surface area contributed by atoms with Crippen molar-refractivity contribution >= 4 is 28.6 Å². The van der Waals surface area contributed by atoms with Gasteiger partial charge in [-0.2, -0.15) is 0 Å². The maximum absolute atomic E-state index is 11.7. The van der Waals surface area contributed by atoms with Gasteiger partial charge in [0.25, 0.3) is 0 Å². The number of carbonyl (C=O) groups is 1. The fourth-order valence-electron chi connectivity index (χ4n) is 5.55. The van der Waals surface area contributed by atoms with Crippen LogP contribution in [0.2, 0.25) is 5.15 Å². The quantitative estimate of drug-likeness (QED) is 0.255. The van der Waals surface area contributed by atoms with Gasteiger partial charge < -0.3 is 14.2 Å². The largest absolute Gasteiger partial charge is 0.478 e. The summed E-state index contributed by atoms with van der Waals surface area (Å²) in [6.07, 6.45) is 4.06. The van der Waals surface area contributed by atoms with Gasteiger partial charge in [-0.1, -0.05) is 61.0 Å². The molecule has 1 N–H and O–H groups in total. The standard InChI is InChI=1S/C31H29ClN4O2/c1-3-26-33-28-19(2)16-22(29-30(32)35-15-7-6-10-27(35)34-29)17-25(28)36(26)18-20-11-13-21(14-12-20)23-8-4-5-9-24(23)31(37)38/h4-5,8-9,11-14,16-17H,3,6-7,10,15,18H2,1-2H3,(H,37,38). The van der Waals surface area contributed by atoms with Gasteiger partial charge in [0.05, 0.1) is 16.6 Å². The molecule has 0 bridgehead atoms. The minimum absolute atomic E-state index is 0.303. The van der Waals surface area contributed by atoms with Crippen LogP contribution in [-0.4, -0.2) is 30.2 Å². The predicted octanol–water partition coefficient (Wildman–Crippen LogP) is 7.17. The average molecular weight is 525 g/mol. The highest BCUT2D eigenvalue weighted by Gasteiger charge is 2.21. The number of carboxylic acid groups (broad SMARTS) is 1. The molecule has 3 heterocycles. The van der Waals surface area contributed by atoms with Crippen molar-refractivity contribution in [3.05, 3.63) is 94.2 Å². The zero-order valence-corrected chi connectivity index (χ0v) is 22.3. The lowest BCUT2D eigenvalue weighted by Crippen LogP contribution is -2.10. The predicted molar refractivity (Wildman–Crippen MR) is 151 cm³/mol. The van der Waals surface area contributed by atoms with Gasteiger partial charge in [0.15, 0.2) is 0 Å². The van der Waals surface area contributed by atoms with E-state index in [0.717, 1.165) is 88.0 Å². The highest BCUT2D eigenvalue weighted by atomic mass is 35.5. The Morgan fingerprint density at radius 1 is 1.03 bits per heavy atom. The zero-order valence-electron chi connectivity index (χ0n) is 21.5. The molecule has 1 aliphatic rings. The molecule has 0 radical (unpaired) electrons. The van der Waals surface area contributed by atoms with Crippen LogP contribution in [-0.2, 0) is 25.9 Å². The summed E-state index contributed by atoms with van der Waals surface area (Å²) in [5, 5.41) is 10.3. The normalized spacial score (nSPS) is 13.1. The number of aromatic carboxylic acids is 1. The summed E-state index contributed by atoms with van der Waals surface area (Å²) in [5.74, 6) is 1.17. The number of hydrogen-bond acceptors (Lipinski definition) is 3. The Labute approximate surface area is 226 Å². The highest BCUT2D eigenvalue weighted by molar-refractivity contribution is 6.32. The van der Waals surface area contributed by atoms with Crippen LogP contribution in [0.5, 0.6) is 0 Å². The molecule has 0 saturated carbocycles. The van der Waals surface area contributed by atoms with Crippen LogP contribution in [0.3, 0.4) is 0 Å². The molecule has 0 fully saturated rings. The third-order valence-corrected chi connectivity index (χ3v) is 7.88. The van der Waals surface area contributed by atoms with E-state index in [-0.39, 0.29) is 0 Å². The summed E-state index contributed by atoms with van der Waals surface area (Å²) in [4.78, 5) is 21.6. The van der Waals surface area contributed by atoms with Crippen LogP contribution in [0.15, 0.2) is 60.7 Å². The molecular formula is C31H29ClN4O2. The molecule has 0 amide bonds. The molecule has 6 nitrogen and oxygen atoms in total. The first-order chi connectivity index (χ1) is 18.4. The summed E-state index contributed by atoms with van der Waals surface area (Å²) in [6.45, 7) is 5.81. The van der Waals surface area contributed by atoms with Crippen molar-refractivity contribution in [2.45, 2.75) is 52.6 Å². The van der Waals surface area contributed by atoms with Crippen LogP contribution in [0.25, 0.3) is 33.4 Å². The molecule has 2 aromatic heterocycles. The summed E-state index contributed by atoms with van der Waals surface area (Å²) < 4.78 is 4.43. The van der Waals surface area contributed by atoms with E-state index in [9.17, 15) is 9.90 Å². The maximum atomic E-state index is 11.7. The first-order valence-corrected chi connectivity index (χ1v) is 13.5. The molecule has 0 atom stereocenters. The lowest BCUT2D eigenvalue weighted by atomic mass is 9.98. The molecule has 5 aromatic rings. The van der Waals surface area contributed by atoms with Gasteiger partial charge in [0, 0.05) is 31.5 Å². The Bertz CT molecular complexity index is 1680. The topological polar surface area (TPSA) is 72.9 Å². The number of imidazole rings is 2. The van der Waals surface area contributed by atoms with Crippen LogP contribution in [0, 0.1) is 6.92 Å². The third kappa shape index (κ3) is 4.19. The van der Waals surface area contributed by atoms with Crippen LogP contribution in [0.4, 0.5) is 0 Å². The molecule has 1 aliphatic heterocycles. The van der Waals surface area contributed by atoms with Gasteiger partial charge >= 0.3 is 5.97 Å². The number of nitrogens with zero attached hydrogens (tertiary/aromatic N) is 4. The number of fused-ring (bicyclic) bond motifs is 2. The number of carboxylic acids is 1. The van der Waals surface area contributed by atoms with Crippen molar-refractivity contribution in [1.29, 1.82) is 0 Å². The van der Waals surface area contributed by atoms with Crippen LogP contribution < -0.4 is 0 Å². The van der Waals surface area contributed by atoms with E-state index >= 15 is 0 Å². The highest BCUT2D eigenvalue weighted by Crippen LogP contribution is 2.35. The van der Waals surface area contributed by atoms with Crippen molar-refractivity contribution in [3.63, 3.8) is 0 Å². The Morgan fingerprint density at radius 3 is 2.55 bits per heavy atom. The number of rotatable bonds is 6. The number of benzene rings is 3. The number of hydrogen-bond donors (Lipinski definition) is 1. The molecule has 38 heavy (non-hydrogen) atoms. The lowest BCUT2D eigenvalue weighted by molar-refractivity contribution is 0.0697. The first-order valence-electron chi connectivity index (χ1n) is 13.1. The van der Waals surface area contributed by atoms with Crippen molar-refractivity contribution in [3.8, 4) is 22.4 Å². The van der Waals surface area contributed by atoms with E-state index in [1.165, 1.54) is 0 Å². The molecule has 0 unspecified atom stereocenters. The maximum Gasteiger partial charge on any atom is 0.336 e. The molecule has 0 spiro atoms. The van der Waals surface area contributed by atoms with Crippen molar-refractivity contribution in [1.82, 2.24) is 19.1 Å². The second-order valence-electron chi connectivity index (χ2n) is 9.95. The van der Waals surface area contributed by atoms with Gasteiger partial charge in [0.1, 0.15) is 22.5 Å². The minimum atomic E-state index is -0.924. The number of aryl methyl sites for hydroxylation is 3. The first kappa shape index (κ1) is 24.4. The van der Waals surface area contributed by atoms with Gasteiger partial charge in [-0.25, -0.2) is 14.8 Å². The summed E-state index contributed by atoms with van der Waals surface area (Å²) in [5.41, 5.74) is 8.06. The van der Waals surface area contributed by atoms with Gasteiger partial charge in [-0.05, 0) is 60.2 Å². The lowest BCUT2D eigenvalue weighted by Gasteiger charge is -2.13. The number of aromatic nitrogens is 4. The minimum Gasteiger partial charge on any atom is -0.478 e. The average Bonchev–Trinajstić information content (AvgIpc) is 3.47. The summed E-state index contributed by atoms with van der Waals surface area (Å²) in [7, 11) is 0. The smallest absolute Gasteiger partial charge is 0.336 e. The van der Waals surface area contributed by atoms with Crippen molar-refractivity contribution < 1.29 is 9.90 Å². The molecule has 3 aromatic carbocycles. The second-order valence-corrected chi connectivity index (χ2v) is 10.3. The Morgan fingerprint density at radius 2 is 1.82 bits per heavy atom. The second kappa shape index (κ2) is 9.76. The van der Waals surface area contributed by atoms with Crippen molar-refractivity contribution in [2.75, 3.05) is 0 Å². The summed E-state index contributed by atoms with van der Waals surface area (Å²) >= 11 is 6.82. The van der Waals surface area contributed by atoms with Crippen LogP contribution >= 0.6 is 11.6 Å². The van der Waals surface area contributed by atoms with Crippen LogP contribution in [0.1, 0.15) is 52.9 Å². The van der Waals surface area contributed by atoms with Gasteiger partial charge in [-0.15, -0.1) is 0 Å². The Kier molecular flexibility index (Phi) is 6.28. The fraction of sp³-hybridized carbons (Fsp3) is 0.258. The fourth-order valence-corrected chi connectivity index (χ4v) is 5.88. The van der Waals surface area contributed by atoms with E-state index in [0.29, 0.717) is 17.7 Å². The molecular weight excluding hydrogens is 496 g/mol. The Balaban J connectivity index is 1.39. The van der Waals surface area contributed by atoms with E-state index in [1.807, 2.05) is 24.3 Å². The molecule has 0 aliphatic carbocycles. The van der Waals surface area contributed by atoms with Crippen molar-refractivity contribution in [2.24, 2.45) is 0 Å². The van der Waals surface area contributed by atoms with Gasteiger partial charge in [-0.3, -0.25) is 0 Å². The van der Waals surface area contributed by atoms with E-state index in [4.69, 9.17) is 21.6 Å². The third-order valence-electron chi connectivity index (χ3n) is 7.49. The monoisotopic (exact) mass is 524 g/mol. The summed E-state index contributed by atoms with van der Waals surface area (Å²) in [6, 6.07) is 19.5. The zero-order chi connectivity index (χ0) is 26.4. The van der Waals surface area contributed by atoms with E-state index in [1.54, 1.807) is 12.1 Å². The van der Waals surface area contributed by atoms with Gasteiger partial charge in [0.2, 0.25) is 0 Å². The molecule has 0 saturated heterocycles. The molecule has 7 heteroatoms.